The quantitative estimate of drug-likeness (QED) is 0.680. The number of rotatable bonds is 4. The summed E-state index contributed by atoms with van der Waals surface area (Å²) < 4.78 is 5.53. The predicted molar refractivity (Wildman–Crippen MR) is 110 cm³/mol. The number of nitrogens with one attached hydrogen (secondary N) is 1. The van der Waals surface area contributed by atoms with Gasteiger partial charge in [0.05, 0.1) is 18.8 Å². The van der Waals surface area contributed by atoms with Crippen molar-refractivity contribution in [2.45, 2.75) is 13.0 Å². The largest absolute Gasteiger partial charge is 0.356 e. The standard InChI is InChI=1S/C21H17Cl2N3O3/c22-15-5-1-13(2-6-15)20-17-12-26(10-9-18(17)25-29-20)19(27)11-24-21(28)14-3-7-16(23)8-4-14/h1-8H,9-12H2,(H,24,28). The molecule has 0 bridgehead atoms. The normalized spacial score (nSPS) is 13.1. The van der Waals surface area contributed by atoms with Gasteiger partial charge < -0.3 is 14.7 Å². The lowest BCUT2D eigenvalue weighted by molar-refractivity contribution is -0.131. The highest BCUT2D eigenvalue weighted by Gasteiger charge is 2.27. The fourth-order valence-electron chi connectivity index (χ4n) is 3.22. The Morgan fingerprint density at radius 3 is 2.38 bits per heavy atom. The topological polar surface area (TPSA) is 75.4 Å². The summed E-state index contributed by atoms with van der Waals surface area (Å²) in [6.45, 7) is 0.819. The summed E-state index contributed by atoms with van der Waals surface area (Å²) in [5.74, 6) is 0.153. The molecule has 0 unspecified atom stereocenters. The number of halogens is 2. The molecule has 1 aliphatic rings. The van der Waals surface area contributed by atoms with Gasteiger partial charge in [0.1, 0.15) is 0 Å². The predicted octanol–water partition coefficient (Wildman–Crippen LogP) is 3.96. The van der Waals surface area contributed by atoms with Crippen LogP contribution in [0, 0.1) is 0 Å². The first-order chi connectivity index (χ1) is 14.0. The van der Waals surface area contributed by atoms with Crippen LogP contribution in [-0.4, -0.2) is 35.0 Å². The van der Waals surface area contributed by atoms with Gasteiger partial charge in [-0.25, -0.2) is 0 Å². The van der Waals surface area contributed by atoms with Gasteiger partial charge >= 0.3 is 0 Å². The number of fused-ring (bicyclic) bond motifs is 1. The highest BCUT2D eigenvalue weighted by Crippen LogP contribution is 2.31. The van der Waals surface area contributed by atoms with E-state index in [1.54, 1.807) is 41.3 Å². The molecule has 0 radical (unpaired) electrons. The molecule has 2 aromatic carbocycles. The van der Waals surface area contributed by atoms with Crippen LogP contribution in [0.2, 0.25) is 10.0 Å². The summed E-state index contributed by atoms with van der Waals surface area (Å²) in [5.41, 5.74) is 3.04. The number of nitrogens with zero attached hydrogens (tertiary/aromatic N) is 2. The molecule has 6 nitrogen and oxygen atoms in total. The molecular weight excluding hydrogens is 413 g/mol. The summed E-state index contributed by atoms with van der Waals surface area (Å²) >= 11 is 11.8. The maximum Gasteiger partial charge on any atom is 0.251 e. The molecule has 0 aliphatic carbocycles. The summed E-state index contributed by atoms with van der Waals surface area (Å²) in [6.07, 6.45) is 0.600. The van der Waals surface area contributed by atoms with Crippen LogP contribution in [0.1, 0.15) is 21.6 Å². The van der Waals surface area contributed by atoms with E-state index in [2.05, 4.69) is 10.5 Å². The molecule has 0 atom stereocenters. The summed E-state index contributed by atoms with van der Waals surface area (Å²) in [6, 6.07) is 13.8. The van der Waals surface area contributed by atoms with Crippen LogP contribution in [0.3, 0.4) is 0 Å². The van der Waals surface area contributed by atoms with Gasteiger partial charge in [0.2, 0.25) is 5.91 Å². The van der Waals surface area contributed by atoms with Gasteiger partial charge in [-0.15, -0.1) is 0 Å². The van der Waals surface area contributed by atoms with Gasteiger partial charge in [0.15, 0.2) is 5.76 Å². The molecule has 29 heavy (non-hydrogen) atoms. The SMILES string of the molecule is O=C(NCC(=O)N1CCc2noc(-c3ccc(Cl)cc3)c2C1)c1ccc(Cl)cc1. The molecule has 2 heterocycles. The molecule has 0 spiro atoms. The molecule has 3 aromatic rings. The van der Waals surface area contributed by atoms with Crippen molar-refractivity contribution in [1.82, 2.24) is 15.4 Å². The number of carbonyl (C=O) groups excluding carboxylic acids is 2. The lowest BCUT2D eigenvalue weighted by Crippen LogP contribution is -2.42. The number of carbonyl (C=O) groups is 2. The molecule has 8 heteroatoms. The number of amides is 2. The number of benzene rings is 2. The smallest absolute Gasteiger partial charge is 0.251 e. The Morgan fingerprint density at radius 1 is 1.03 bits per heavy atom. The molecule has 1 N–H and O–H groups in total. The Kier molecular flexibility index (Phi) is 5.56. The van der Waals surface area contributed by atoms with Crippen molar-refractivity contribution >= 4 is 35.0 Å². The Morgan fingerprint density at radius 2 is 1.69 bits per heavy atom. The van der Waals surface area contributed by atoms with Crippen molar-refractivity contribution in [1.29, 1.82) is 0 Å². The van der Waals surface area contributed by atoms with E-state index in [4.69, 9.17) is 27.7 Å². The second kappa shape index (κ2) is 8.27. The number of aromatic nitrogens is 1. The van der Waals surface area contributed by atoms with Crippen LogP contribution < -0.4 is 5.32 Å². The molecule has 2 amide bonds. The first-order valence-corrected chi connectivity index (χ1v) is 9.82. The Bertz CT molecular complexity index is 1050. The molecule has 0 fully saturated rings. The van der Waals surface area contributed by atoms with Gasteiger partial charge in [-0.05, 0) is 48.5 Å². The minimum Gasteiger partial charge on any atom is -0.356 e. The maximum absolute atomic E-state index is 12.6. The van der Waals surface area contributed by atoms with Crippen molar-refractivity contribution in [2.75, 3.05) is 13.1 Å². The van der Waals surface area contributed by atoms with Crippen LogP contribution >= 0.6 is 23.2 Å². The zero-order valence-electron chi connectivity index (χ0n) is 15.3. The third-order valence-electron chi connectivity index (χ3n) is 4.80. The lowest BCUT2D eigenvalue weighted by atomic mass is 10.0. The Hall–Kier alpha value is -2.83. The van der Waals surface area contributed by atoms with Gasteiger partial charge in [0, 0.05) is 39.7 Å². The molecule has 4 rings (SSSR count). The fourth-order valence-corrected chi connectivity index (χ4v) is 3.48. The fraction of sp³-hybridized carbons (Fsp3) is 0.190. The Balaban J connectivity index is 1.42. The first kappa shape index (κ1) is 19.5. The third kappa shape index (κ3) is 4.28. The van der Waals surface area contributed by atoms with E-state index in [0.29, 0.717) is 40.9 Å². The molecular formula is C21H17Cl2N3O3. The van der Waals surface area contributed by atoms with E-state index in [9.17, 15) is 9.59 Å². The first-order valence-electron chi connectivity index (χ1n) is 9.06. The van der Waals surface area contributed by atoms with Gasteiger partial charge in [-0.1, -0.05) is 28.4 Å². The molecule has 148 valence electrons. The number of hydrogen-bond acceptors (Lipinski definition) is 4. The van der Waals surface area contributed by atoms with Crippen molar-refractivity contribution < 1.29 is 14.1 Å². The van der Waals surface area contributed by atoms with E-state index in [1.807, 2.05) is 12.1 Å². The highest BCUT2D eigenvalue weighted by molar-refractivity contribution is 6.31. The van der Waals surface area contributed by atoms with Gasteiger partial charge in [0.25, 0.3) is 5.91 Å². The average molecular weight is 430 g/mol. The monoisotopic (exact) mass is 429 g/mol. The molecule has 1 aromatic heterocycles. The second-order valence-corrected chi connectivity index (χ2v) is 7.57. The third-order valence-corrected chi connectivity index (χ3v) is 5.31. The second-order valence-electron chi connectivity index (χ2n) is 6.70. The van der Waals surface area contributed by atoms with Crippen LogP contribution in [0.15, 0.2) is 53.1 Å². The summed E-state index contributed by atoms with van der Waals surface area (Å²) in [7, 11) is 0. The van der Waals surface area contributed by atoms with Crippen LogP contribution in [-0.2, 0) is 17.8 Å². The highest BCUT2D eigenvalue weighted by atomic mass is 35.5. The number of hydrogen-bond donors (Lipinski definition) is 1. The zero-order chi connectivity index (χ0) is 20.4. The van der Waals surface area contributed by atoms with Crippen LogP contribution in [0.5, 0.6) is 0 Å². The van der Waals surface area contributed by atoms with E-state index in [0.717, 1.165) is 16.8 Å². The van der Waals surface area contributed by atoms with Crippen molar-refractivity contribution in [3.8, 4) is 11.3 Å². The van der Waals surface area contributed by atoms with Crippen molar-refractivity contribution in [3.05, 3.63) is 75.4 Å². The lowest BCUT2D eigenvalue weighted by Gasteiger charge is -2.26. The minimum absolute atomic E-state index is 0.0850. The summed E-state index contributed by atoms with van der Waals surface area (Å²) in [5, 5.41) is 7.99. The maximum atomic E-state index is 12.6. The molecule has 0 saturated carbocycles. The van der Waals surface area contributed by atoms with Gasteiger partial charge in [-0.2, -0.15) is 0 Å². The van der Waals surface area contributed by atoms with Crippen molar-refractivity contribution in [3.63, 3.8) is 0 Å². The Labute approximate surface area is 177 Å². The summed E-state index contributed by atoms with van der Waals surface area (Å²) in [4.78, 5) is 26.5. The van der Waals surface area contributed by atoms with E-state index in [-0.39, 0.29) is 18.4 Å². The average Bonchev–Trinajstić information content (AvgIpc) is 3.16. The van der Waals surface area contributed by atoms with Crippen molar-refractivity contribution in [2.24, 2.45) is 0 Å². The van der Waals surface area contributed by atoms with Crippen LogP contribution in [0.4, 0.5) is 0 Å². The molecule has 0 saturated heterocycles. The van der Waals surface area contributed by atoms with E-state index < -0.39 is 0 Å². The van der Waals surface area contributed by atoms with E-state index >= 15 is 0 Å². The van der Waals surface area contributed by atoms with Crippen LogP contribution in [0.25, 0.3) is 11.3 Å². The van der Waals surface area contributed by atoms with E-state index in [1.165, 1.54) is 0 Å². The van der Waals surface area contributed by atoms with Gasteiger partial charge in [-0.3, -0.25) is 9.59 Å². The minimum atomic E-state index is -0.320. The zero-order valence-corrected chi connectivity index (χ0v) is 16.8. The molecule has 1 aliphatic heterocycles.